The van der Waals surface area contributed by atoms with Crippen LogP contribution in [0.3, 0.4) is 0 Å². The molecular formula is C24H25FN2O3S. The molecule has 1 N–H and O–H groups in total. The van der Waals surface area contributed by atoms with Crippen LogP contribution in [0.4, 0.5) is 10.1 Å². The molecule has 0 saturated heterocycles. The molecule has 0 radical (unpaired) electrons. The molecule has 3 aromatic rings. The Morgan fingerprint density at radius 2 is 1.52 bits per heavy atom. The molecule has 0 bridgehead atoms. The number of amides is 1. The van der Waals surface area contributed by atoms with Crippen molar-refractivity contribution in [2.75, 3.05) is 10.8 Å². The van der Waals surface area contributed by atoms with E-state index in [1.165, 1.54) is 24.3 Å². The van der Waals surface area contributed by atoms with E-state index in [2.05, 4.69) is 5.32 Å². The predicted molar refractivity (Wildman–Crippen MR) is 120 cm³/mol. The van der Waals surface area contributed by atoms with Crippen LogP contribution in [0, 0.1) is 26.6 Å². The fourth-order valence-corrected chi connectivity index (χ4v) is 4.70. The Kier molecular flexibility index (Phi) is 6.75. The van der Waals surface area contributed by atoms with Crippen molar-refractivity contribution in [3.63, 3.8) is 0 Å². The number of rotatable bonds is 7. The van der Waals surface area contributed by atoms with Gasteiger partial charge in [0.1, 0.15) is 12.4 Å². The maximum atomic E-state index is 13.4. The van der Waals surface area contributed by atoms with Crippen molar-refractivity contribution < 1.29 is 17.6 Å². The number of nitrogens with zero attached hydrogens (tertiary/aromatic N) is 1. The second-order valence-corrected chi connectivity index (χ2v) is 9.38. The van der Waals surface area contributed by atoms with Gasteiger partial charge in [0, 0.05) is 6.54 Å². The Balaban J connectivity index is 1.89. The monoisotopic (exact) mass is 440 g/mol. The lowest BCUT2D eigenvalue weighted by Gasteiger charge is -2.26. The van der Waals surface area contributed by atoms with Crippen LogP contribution in [0.15, 0.2) is 71.6 Å². The van der Waals surface area contributed by atoms with Gasteiger partial charge in [0.25, 0.3) is 10.0 Å². The van der Waals surface area contributed by atoms with Crippen LogP contribution >= 0.6 is 0 Å². The minimum Gasteiger partial charge on any atom is -0.350 e. The molecule has 0 saturated carbocycles. The van der Waals surface area contributed by atoms with Crippen LogP contribution in [0.1, 0.15) is 22.3 Å². The lowest BCUT2D eigenvalue weighted by Crippen LogP contribution is -2.41. The lowest BCUT2D eigenvalue weighted by molar-refractivity contribution is -0.119. The van der Waals surface area contributed by atoms with Crippen LogP contribution in [0.2, 0.25) is 0 Å². The van der Waals surface area contributed by atoms with Crippen molar-refractivity contribution in [3.05, 3.63) is 94.8 Å². The molecule has 0 aliphatic heterocycles. The summed E-state index contributed by atoms with van der Waals surface area (Å²) in [6.07, 6.45) is 0. The van der Waals surface area contributed by atoms with Crippen molar-refractivity contribution in [2.24, 2.45) is 0 Å². The zero-order valence-electron chi connectivity index (χ0n) is 17.7. The van der Waals surface area contributed by atoms with Crippen molar-refractivity contribution in [2.45, 2.75) is 32.2 Å². The van der Waals surface area contributed by atoms with Gasteiger partial charge in [0.2, 0.25) is 5.91 Å². The van der Waals surface area contributed by atoms with Crippen LogP contribution in [0.5, 0.6) is 0 Å². The summed E-state index contributed by atoms with van der Waals surface area (Å²) < 4.78 is 41.1. The Labute approximate surface area is 182 Å². The average Bonchev–Trinajstić information content (AvgIpc) is 2.72. The van der Waals surface area contributed by atoms with Gasteiger partial charge in [-0.15, -0.1) is 0 Å². The summed E-state index contributed by atoms with van der Waals surface area (Å²) in [7, 11) is -3.97. The molecule has 3 aromatic carbocycles. The summed E-state index contributed by atoms with van der Waals surface area (Å²) in [5.74, 6) is -0.819. The summed E-state index contributed by atoms with van der Waals surface area (Å²) in [6, 6.07) is 17.7. The van der Waals surface area contributed by atoms with Crippen LogP contribution in [-0.2, 0) is 21.4 Å². The third kappa shape index (κ3) is 5.49. The van der Waals surface area contributed by atoms with Gasteiger partial charge in [-0.2, -0.15) is 0 Å². The minimum absolute atomic E-state index is 0.115. The zero-order chi connectivity index (χ0) is 22.6. The number of nitrogens with one attached hydrogen (secondary N) is 1. The molecule has 0 heterocycles. The van der Waals surface area contributed by atoms with Gasteiger partial charge >= 0.3 is 0 Å². The molecule has 162 valence electrons. The van der Waals surface area contributed by atoms with E-state index >= 15 is 0 Å². The Morgan fingerprint density at radius 3 is 2.13 bits per heavy atom. The van der Waals surface area contributed by atoms with Crippen molar-refractivity contribution in [1.29, 1.82) is 0 Å². The first-order valence-electron chi connectivity index (χ1n) is 9.84. The fourth-order valence-electron chi connectivity index (χ4n) is 3.21. The Morgan fingerprint density at radius 1 is 0.903 bits per heavy atom. The topological polar surface area (TPSA) is 66.5 Å². The van der Waals surface area contributed by atoms with Gasteiger partial charge in [0.05, 0.1) is 10.6 Å². The van der Waals surface area contributed by atoms with E-state index in [0.29, 0.717) is 11.3 Å². The smallest absolute Gasteiger partial charge is 0.264 e. The normalized spacial score (nSPS) is 11.2. The molecular weight excluding hydrogens is 415 g/mol. The molecule has 0 atom stereocenters. The van der Waals surface area contributed by atoms with Crippen molar-refractivity contribution in [1.82, 2.24) is 5.32 Å². The molecule has 0 fully saturated rings. The number of carbonyl (C=O) groups excluding carboxylic acids is 1. The number of benzene rings is 3. The number of sulfonamides is 1. The van der Waals surface area contributed by atoms with Crippen LogP contribution in [0.25, 0.3) is 0 Å². The van der Waals surface area contributed by atoms with Crippen LogP contribution in [-0.4, -0.2) is 20.9 Å². The van der Waals surface area contributed by atoms with Crippen molar-refractivity contribution >= 4 is 21.6 Å². The standard InChI is InChI=1S/C24H25FN2O3S/c1-17-4-11-22(12-5-17)31(29,30)27(23-13-6-18(2)14-19(23)3)16-24(28)26-15-20-7-9-21(25)10-8-20/h4-14H,15-16H2,1-3H3,(H,26,28). The number of hydrogen-bond acceptors (Lipinski definition) is 3. The third-order valence-corrected chi connectivity index (χ3v) is 6.69. The number of aryl methyl sites for hydroxylation is 3. The summed E-state index contributed by atoms with van der Waals surface area (Å²) in [5.41, 5.74) is 3.85. The van der Waals surface area contributed by atoms with Gasteiger partial charge in [0.15, 0.2) is 0 Å². The molecule has 0 aliphatic rings. The molecule has 1 amide bonds. The first-order valence-corrected chi connectivity index (χ1v) is 11.3. The largest absolute Gasteiger partial charge is 0.350 e. The number of halogens is 1. The van der Waals surface area contributed by atoms with Gasteiger partial charge in [-0.05, 0) is 62.2 Å². The Hall–Kier alpha value is -3.19. The number of carbonyl (C=O) groups is 1. The van der Waals surface area contributed by atoms with E-state index in [0.717, 1.165) is 21.0 Å². The summed E-state index contributed by atoms with van der Waals surface area (Å²) in [4.78, 5) is 12.8. The quantitative estimate of drug-likeness (QED) is 0.597. The molecule has 7 heteroatoms. The fraction of sp³-hybridized carbons (Fsp3) is 0.208. The van der Waals surface area contributed by atoms with Gasteiger partial charge in [-0.3, -0.25) is 9.10 Å². The molecule has 0 aromatic heterocycles. The van der Waals surface area contributed by atoms with E-state index in [9.17, 15) is 17.6 Å². The first-order chi connectivity index (χ1) is 14.7. The van der Waals surface area contributed by atoms with E-state index in [4.69, 9.17) is 0 Å². The van der Waals surface area contributed by atoms with Crippen LogP contribution < -0.4 is 9.62 Å². The lowest BCUT2D eigenvalue weighted by atomic mass is 10.1. The highest BCUT2D eigenvalue weighted by Gasteiger charge is 2.28. The molecule has 0 spiro atoms. The van der Waals surface area contributed by atoms with Crippen molar-refractivity contribution in [3.8, 4) is 0 Å². The van der Waals surface area contributed by atoms with Gasteiger partial charge < -0.3 is 5.32 Å². The average molecular weight is 441 g/mol. The highest BCUT2D eigenvalue weighted by atomic mass is 32.2. The van der Waals surface area contributed by atoms with E-state index in [-0.39, 0.29) is 23.8 Å². The molecule has 5 nitrogen and oxygen atoms in total. The van der Waals surface area contributed by atoms with E-state index in [1.807, 2.05) is 32.9 Å². The summed E-state index contributed by atoms with van der Waals surface area (Å²) in [5, 5.41) is 2.71. The predicted octanol–water partition coefficient (Wildman–Crippen LogP) is 4.26. The maximum Gasteiger partial charge on any atom is 0.264 e. The first kappa shape index (κ1) is 22.5. The van der Waals surface area contributed by atoms with Gasteiger partial charge in [-0.25, -0.2) is 12.8 Å². The Bertz CT molecular complexity index is 1170. The zero-order valence-corrected chi connectivity index (χ0v) is 18.5. The second-order valence-electron chi connectivity index (χ2n) is 7.52. The number of anilines is 1. The SMILES string of the molecule is Cc1ccc(S(=O)(=O)N(CC(=O)NCc2ccc(F)cc2)c2ccc(C)cc2C)cc1. The minimum atomic E-state index is -3.97. The summed E-state index contributed by atoms with van der Waals surface area (Å²) >= 11 is 0. The highest BCUT2D eigenvalue weighted by molar-refractivity contribution is 7.92. The third-order valence-electron chi connectivity index (χ3n) is 4.92. The highest BCUT2D eigenvalue weighted by Crippen LogP contribution is 2.27. The molecule has 31 heavy (non-hydrogen) atoms. The van der Waals surface area contributed by atoms with E-state index in [1.54, 1.807) is 30.3 Å². The molecule has 3 rings (SSSR count). The molecule has 0 aliphatic carbocycles. The second kappa shape index (κ2) is 9.31. The maximum absolute atomic E-state index is 13.4. The summed E-state index contributed by atoms with van der Waals surface area (Å²) in [6.45, 7) is 5.41. The molecule has 0 unspecified atom stereocenters. The van der Waals surface area contributed by atoms with Gasteiger partial charge in [-0.1, -0.05) is 47.5 Å². The van der Waals surface area contributed by atoms with E-state index < -0.39 is 15.9 Å². The number of hydrogen-bond donors (Lipinski definition) is 1.